The van der Waals surface area contributed by atoms with E-state index in [2.05, 4.69) is 0 Å². The lowest BCUT2D eigenvalue weighted by Gasteiger charge is -2.12. The molecule has 0 aliphatic heterocycles. The Morgan fingerprint density at radius 3 is 2.39 bits per heavy atom. The van der Waals surface area contributed by atoms with E-state index in [9.17, 15) is 9.59 Å². The predicted octanol–water partition coefficient (Wildman–Crippen LogP) is 1.01. The molecule has 5 nitrogen and oxygen atoms in total. The summed E-state index contributed by atoms with van der Waals surface area (Å²) in [6.45, 7) is 1.74. The van der Waals surface area contributed by atoms with Gasteiger partial charge in [0.05, 0.1) is 0 Å². The quantitative estimate of drug-likeness (QED) is 0.581. The van der Waals surface area contributed by atoms with Crippen molar-refractivity contribution in [3.05, 3.63) is 29.8 Å². The van der Waals surface area contributed by atoms with Crippen molar-refractivity contribution < 1.29 is 14.3 Å². The maximum absolute atomic E-state index is 11.5. The molecule has 1 aromatic rings. The molecule has 1 amide bonds. The van der Waals surface area contributed by atoms with Crippen LogP contribution in [0.5, 0.6) is 0 Å². The average molecular weight is 250 g/mol. The van der Waals surface area contributed by atoms with Crippen LogP contribution < -0.4 is 11.5 Å². The Kier molecular flexibility index (Phi) is 5.17. The fraction of sp³-hybridized carbons (Fsp3) is 0.385. The number of carbonyl (C=O) groups is 2. The smallest absolute Gasteiger partial charge is 0.306 e. The van der Waals surface area contributed by atoms with Gasteiger partial charge >= 0.3 is 5.97 Å². The highest BCUT2D eigenvalue weighted by atomic mass is 16.5. The van der Waals surface area contributed by atoms with Gasteiger partial charge in [-0.3, -0.25) is 9.59 Å². The van der Waals surface area contributed by atoms with Gasteiger partial charge in [-0.2, -0.15) is 0 Å². The zero-order valence-corrected chi connectivity index (χ0v) is 10.4. The van der Waals surface area contributed by atoms with Crippen molar-refractivity contribution in [2.45, 2.75) is 32.3 Å². The van der Waals surface area contributed by atoms with Gasteiger partial charge in [-0.1, -0.05) is 19.1 Å². The number of ether oxygens (including phenoxy) is 1. The summed E-state index contributed by atoms with van der Waals surface area (Å²) in [4.78, 5) is 22.4. The van der Waals surface area contributed by atoms with Crippen molar-refractivity contribution in [3.63, 3.8) is 0 Å². The molecule has 18 heavy (non-hydrogen) atoms. The topological polar surface area (TPSA) is 95.4 Å². The fourth-order valence-corrected chi connectivity index (χ4v) is 1.49. The number of hydrogen-bond acceptors (Lipinski definition) is 4. The normalized spacial score (nSPS) is 11.8. The minimum absolute atomic E-state index is 0.216. The number of primary amides is 1. The van der Waals surface area contributed by atoms with E-state index >= 15 is 0 Å². The van der Waals surface area contributed by atoms with Gasteiger partial charge in [0.1, 0.15) is 0 Å². The summed E-state index contributed by atoms with van der Waals surface area (Å²) in [5, 5.41) is 0. The number of rotatable bonds is 6. The summed E-state index contributed by atoms with van der Waals surface area (Å²) >= 11 is 0. The van der Waals surface area contributed by atoms with Gasteiger partial charge in [0.15, 0.2) is 6.10 Å². The molecule has 0 fully saturated rings. The Morgan fingerprint density at radius 1 is 1.28 bits per heavy atom. The highest BCUT2D eigenvalue weighted by Crippen LogP contribution is 2.09. The van der Waals surface area contributed by atoms with Gasteiger partial charge in [-0.05, 0) is 30.5 Å². The van der Waals surface area contributed by atoms with Gasteiger partial charge in [0.2, 0.25) is 0 Å². The molecule has 4 N–H and O–H groups in total. The molecule has 0 heterocycles. The third kappa shape index (κ3) is 4.45. The van der Waals surface area contributed by atoms with E-state index in [0.717, 1.165) is 5.56 Å². The van der Waals surface area contributed by atoms with Crippen LogP contribution in [-0.4, -0.2) is 18.0 Å². The summed E-state index contributed by atoms with van der Waals surface area (Å²) in [6, 6.07) is 7.26. The van der Waals surface area contributed by atoms with Crippen LogP contribution in [0.2, 0.25) is 0 Å². The first-order valence-corrected chi connectivity index (χ1v) is 5.86. The molecule has 0 spiro atoms. The van der Waals surface area contributed by atoms with E-state index < -0.39 is 18.0 Å². The second-order valence-corrected chi connectivity index (χ2v) is 4.03. The van der Waals surface area contributed by atoms with Crippen LogP contribution in [0.1, 0.15) is 25.3 Å². The molecule has 0 radical (unpaired) electrons. The number of anilines is 1. The number of nitrogen functional groups attached to an aromatic ring is 1. The zero-order chi connectivity index (χ0) is 13.5. The average Bonchev–Trinajstić information content (AvgIpc) is 2.35. The van der Waals surface area contributed by atoms with Crippen LogP contribution >= 0.6 is 0 Å². The largest absolute Gasteiger partial charge is 0.452 e. The van der Waals surface area contributed by atoms with Gasteiger partial charge in [-0.25, -0.2) is 0 Å². The number of aryl methyl sites for hydroxylation is 1. The van der Waals surface area contributed by atoms with Crippen LogP contribution in [-0.2, 0) is 20.7 Å². The molecule has 0 saturated carbocycles. The molecule has 98 valence electrons. The minimum atomic E-state index is -0.830. The third-order valence-corrected chi connectivity index (χ3v) is 2.56. The van der Waals surface area contributed by atoms with Crippen LogP contribution in [0.4, 0.5) is 5.69 Å². The number of nitrogens with two attached hydrogens (primary N) is 2. The maximum atomic E-state index is 11.5. The Bertz CT molecular complexity index is 415. The van der Waals surface area contributed by atoms with Crippen molar-refractivity contribution in [3.8, 4) is 0 Å². The summed E-state index contributed by atoms with van der Waals surface area (Å²) in [6.07, 6.45) is 0.328. The number of benzene rings is 1. The van der Waals surface area contributed by atoms with Crippen molar-refractivity contribution >= 4 is 17.6 Å². The zero-order valence-electron chi connectivity index (χ0n) is 10.4. The third-order valence-electron chi connectivity index (χ3n) is 2.56. The Hall–Kier alpha value is -2.04. The molecule has 1 rings (SSSR count). The standard InChI is InChI=1S/C13H18N2O3/c1-2-11(13(15)17)18-12(16)8-5-9-3-6-10(14)7-4-9/h3-4,6-7,11H,2,5,8,14H2,1H3,(H2,15,17). The first-order chi connectivity index (χ1) is 8.52. The van der Waals surface area contributed by atoms with E-state index in [1.165, 1.54) is 0 Å². The van der Waals surface area contributed by atoms with E-state index in [0.29, 0.717) is 18.5 Å². The summed E-state index contributed by atoms with van der Waals surface area (Å²) < 4.78 is 4.97. The second kappa shape index (κ2) is 6.64. The lowest BCUT2D eigenvalue weighted by atomic mass is 10.1. The van der Waals surface area contributed by atoms with Crippen LogP contribution in [0, 0.1) is 0 Å². The maximum Gasteiger partial charge on any atom is 0.306 e. The van der Waals surface area contributed by atoms with Crippen molar-refractivity contribution in [2.75, 3.05) is 5.73 Å². The lowest BCUT2D eigenvalue weighted by Crippen LogP contribution is -2.32. The van der Waals surface area contributed by atoms with Crippen LogP contribution in [0.3, 0.4) is 0 Å². The Balaban J connectivity index is 2.41. The molecule has 1 atom stereocenters. The van der Waals surface area contributed by atoms with Crippen LogP contribution in [0.25, 0.3) is 0 Å². The second-order valence-electron chi connectivity index (χ2n) is 4.03. The first kappa shape index (κ1) is 14.0. The predicted molar refractivity (Wildman–Crippen MR) is 68.5 cm³/mol. The molecular weight excluding hydrogens is 232 g/mol. The molecule has 0 aliphatic rings. The molecule has 1 unspecified atom stereocenters. The number of amides is 1. The highest BCUT2D eigenvalue weighted by molar-refractivity contribution is 5.82. The molecular formula is C13H18N2O3. The van der Waals surface area contributed by atoms with Crippen molar-refractivity contribution in [2.24, 2.45) is 5.73 Å². The molecule has 5 heteroatoms. The SMILES string of the molecule is CCC(OC(=O)CCc1ccc(N)cc1)C(N)=O. The highest BCUT2D eigenvalue weighted by Gasteiger charge is 2.17. The van der Waals surface area contributed by atoms with Crippen molar-refractivity contribution in [1.82, 2.24) is 0 Å². The minimum Gasteiger partial charge on any atom is -0.452 e. The number of hydrogen-bond donors (Lipinski definition) is 2. The molecule has 1 aromatic carbocycles. The monoisotopic (exact) mass is 250 g/mol. The van der Waals surface area contributed by atoms with Crippen LogP contribution in [0.15, 0.2) is 24.3 Å². The Morgan fingerprint density at radius 2 is 1.89 bits per heavy atom. The van der Waals surface area contributed by atoms with E-state index in [1.807, 2.05) is 12.1 Å². The first-order valence-electron chi connectivity index (χ1n) is 5.86. The van der Waals surface area contributed by atoms with E-state index in [-0.39, 0.29) is 6.42 Å². The van der Waals surface area contributed by atoms with E-state index in [1.54, 1.807) is 19.1 Å². The van der Waals surface area contributed by atoms with Gasteiger partial charge in [-0.15, -0.1) is 0 Å². The summed E-state index contributed by atoms with van der Waals surface area (Å²) in [5.41, 5.74) is 12.3. The lowest BCUT2D eigenvalue weighted by molar-refractivity contribution is -0.155. The summed E-state index contributed by atoms with van der Waals surface area (Å²) in [5.74, 6) is -1.03. The van der Waals surface area contributed by atoms with Gasteiger partial charge < -0.3 is 16.2 Å². The molecule has 0 saturated heterocycles. The van der Waals surface area contributed by atoms with Gasteiger partial charge in [0, 0.05) is 12.1 Å². The number of esters is 1. The molecule has 0 aromatic heterocycles. The van der Waals surface area contributed by atoms with Crippen molar-refractivity contribution in [1.29, 1.82) is 0 Å². The molecule has 0 bridgehead atoms. The number of carbonyl (C=O) groups excluding carboxylic acids is 2. The Labute approximate surface area is 106 Å². The fourth-order valence-electron chi connectivity index (χ4n) is 1.49. The molecule has 0 aliphatic carbocycles. The summed E-state index contributed by atoms with van der Waals surface area (Å²) in [7, 11) is 0. The van der Waals surface area contributed by atoms with E-state index in [4.69, 9.17) is 16.2 Å². The van der Waals surface area contributed by atoms with Gasteiger partial charge in [0.25, 0.3) is 5.91 Å².